The first-order chi connectivity index (χ1) is 23.5. The van der Waals surface area contributed by atoms with Crippen molar-refractivity contribution in [2.24, 2.45) is 0 Å². The molecule has 0 amide bonds. The normalized spacial score (nSPS) is 11.3. The fraction of sp³-hybridized carbons (Fsp3) is 0.478. The van der Waals surface area contributed by atoms with Crippen molar-refractivity contribution in [1.29, 1.82) is 0 Å². The maximum absolute atomic E-state index is 5.96. The molecule has 0 heterocycles. The fourth-order valence-corrected chi connectivity index (χ4v) is 7.04. The van der Waals surface area contributed by atoms with Crippen LogP contribution in [0.5, 0.6) is 0 Å². The van der Waals surface area contributed by atoms with Crippen LogP contribution in [0.4, 0.5) is 11.4 Å². The van der Waals surface area contributed by atoms with E-state index < -0.39 is 0 Å². The number of hydrogen-bond donors (Lipinski definition) is 2. The van der Waals surface area contributed by atoms with Crippen LogP contribution in [-0.2, 0) is 38.5 Å². The number of rotatable bonds is 23. The van der Waals surface area contributed by atoms with Crippen LogP contribution in [0.25, 0.3) is 0 Å². The molecule has 0 aliphatic carbocycles. The van der Waals surface area contributed by atoms with Crippen molar-refractivity contribution in [3.8, 4) is 0 Å². The molecule has 0 atom stereocenters. The first-order valence-corrected chi connectivity index (χ1v) is 19.4. The summed E-state index contributed by atoms with van der Waals surface area (Å²) < 4.78 is 0. The lowest BCUT2D eigenvalue weighted by molar-refractivity contribution is 0.606. The van der Waals surface area contributed by atoms with Crippen molar-refractivity contribution in [1.82, 2.24) is 0 Å². The first-order valence-electron chi connectivity index (χ1n) is 19.4. The van der Waals surface area contributed by atoms with Crippen molar-refractivity contribution >= 4 is 11.4 Å². The van der Waals surface area contributed by atoms with Gasteiger partial charge in [-0.25, -0.2) is 0 Å². The molecule has 0 saturated carbocycles. The van der Waals surface area contributed by atoms with E-state index in [2.05, 4.69) is 74.5 Å². The van der Waals surface area contributed by atoms with Gasteiger partial charge in [0.1, 0.15) is 0 Å². The van der Waals surface area contributed by atoms with Gasteiger partial charge in [0, 0.05) is 11.4 Å². The summed E-state index contributed by atoms with van der Waals surface area (Å²) in [7, 11) is 0. The Morgan fingerprint density at radius 3 is 1.06 bits per heavy atom. The minimum absolute atomic E-state index is 0.838. The summed E-state index contributed by atoms with van der Waals surface area (Å²) in [6.45, 7) is 4.59. The molecule has 4 aromatic rings. The zero-order valence-corrected chi connectivity index (χ0v) is 30.4. The smallest absolute Gasteiger partial charge is 0.0314 e. The van der Waals surface area contributed by atoms with Gasteiger partial charge in [-0.3, -0.25) is 0 Å². The maximum Gasteiger partial charge on any atom is 0.0314 e. The maximum atomic E-state index is 5.96. The highest BCUT2D eigenvalue weighted by Crippen LogP contribution is 2.24. The lowest BCUT2D eigenvalue weighted by atomic mass is 9.91. The van der Waals surface area contributed by atoms with Gasteiger partial charge in [-0.15, -0.1) is 0 Å². The summed E-state index contributed by atoms with van der Waals surface area (Å²) in [5.74, 6) is 0. The van der Waals surface area contributed by atoms with Crippen LogP contribution in [0, 0.1) is 0 Å². The van der Waals surface area contributed by atoms with Crippen LogP contribution >= 0.6 is 0 Å². The number of hydrogen-bond acceptors (Lipinski definition) is 2. The Kier molecular flexibility index (Phi) is 16.7. The summed E-state index contributed by atoms with van der Waals surface area (Å²) >= 11 is 0. The number of nitrogen functional groups attached to an aromatic ring is 2. The van der Waals surface area contributed by atoms with Crippen LogP contribution in [-0.4, -0.2) is 0 Å². The lowest BCUT2D eigenvalue weighted by Crippen LogP contribution is -2.00. The van der Waals surface area contributed by atoms with Gasteiger partial charge in [-0.2, -0.15) is 0 Å². The van der Waals surface area contributed by atoms with E-state index in [0.29, 0.717) is 0 Å². The highest BCUT2D eigenvalue weighted by Gasteiger charge is 2.09. The molecular weight excluding hydrogens is 581 g/mol. The highest BCUT2D eigenvalue weighted by molar-refractivity contribution is 5.43. The summed E-state index contributed by atoms with van der Waals surface area (Å²) in [6.07, 6.45) is 25.2. The second-order valence-electron chi connectivity index (χ2n) is 14.3. The van der Waals surface area contributed by atoms with E-state index in [4.69, 9.17) is 11.5 Å². The van der Waals surface area contributed by atoms with Gasteiger partial charge in [-0.05, 0) is 133 Å². The Balaban J connectivity index is 1.35. The van der Waals surface area contributed by atoms with Crippen LogP contribution in [0.3, 0.4) is 0 Å². The molecule has 0 saturated heterocycles. The summed E-state index contributed by atoms with van der Waals surface area (Å²) in [6, 6.07) is 31.5. The standard InChI is InChI=1S/C46H64N2/c1-3-5-7-9-11-13-19-41-33-37(21-27-43(41)35-39-23-29-45(47)30-24-39)17-15-16-18-38-22-28-44(36-40-25-31-46(48)32-26-40)42(34-38)20-14-12-10-8-6-4-2/h21-34H,3-20,35-36,47-48H2,1-2H3. The van der Waals surface area contributed by atoms with Gasteiger partial charge in [0.25, 0.3) is 0 Å². The summed E-state index contributed by atoms with van der Waals surface area (Å²) in [5, 5.41) is 0. The molecule has 0 aliphatic heterocycles. The average Bonchev–Trinajstić information content (AvgIpc) is 3.10. The molecule has 2 nitrogen and oxygen atoms in total. The zero-order valence-electron chi connectivity index (χ0n) is 30.4. The van der Waals surface area contributed by atoms with E-state index >= 15 is 0 Å². The van der Waals surface area contributed by atoms with Crippen LogP contribution in [0.1, 0.15) is 148 Å². The molecule has 0 aliphatic rings. The molecule has 0 radical (unpaired) electrons. The quantitative estimate of drug-likeness (QED) is 0.0623. The van der Waals surface area contributed by atoms with Crippen LogP contribution in [0.2, 0.25) is 0 Å². The second kappa shape index (κ2) is 21.5. The predicted molar refractivity (Wildman–Crippen MR) is 211 cm³/mol. The van der Waals surface area contributed by atoms with E-state index in [1.807, 2.05) is 24.3 Å². The Labute approximate surface area is 293 Å². The van der Waals surface area contributed by atoms with Gasteiger partial charge in [0.15, 0.2) is 0 Å². The minimum Gasteiger partial charge on any atom is -0.399 e. The minimum atomic E-state index is 0.838. The molecule has 258 valence electrons. The van der Waals surface area contributed by atoms with Gasteiger partial charge < -0.3 is 11.5 Å². The first kappa shape index (κ1) is 37.3. The van der Waals surface area contributed by atoms with Crippen molar-refractivity contribution in [2.45, 2.75) is 142 Å². The molecule has 2 heteroatoms. The van der Waals surface area contributed by atoms with Gasteiger partial charge >= 0.3 is 0 Å². The lowest BCUT2D eigenvalue weighted by Gasteiger charge is -2.14. The van der Waals surface area contributed by atoms with Gasteiger partial charge in [-0.1, -0.05) is 139 Å². The Hall–Kier alpha value is -3.52. The molecule has 0 unspecified atom stereocenters. The molecule has 4 N–H and O–H groups in total. The van der Waals surface area contributed by atoms with Crippen LogP contribution < -0.4 is 11.5 Å². The molecule has 0 spiro atoms. The largest absolute Gasteiger partial charge is 0.399 e. The van der Waals surface area contributed by atoms with E-state index in [1.54, 1.807) is 11.1 Å². The Morgan fingerprint density at radius 2 is 0.667 bits per heavy atom. The average molecular weight is 645 g/mol. The molecule has 0 aromatic heterocycles. The third-order valence-corrected chi connectivity index (χ3v) is 10.1. The third-order valence-electron chi connectivity index (χ3n) is 10.1. The van der Waals surface area contributed by atoms with Gasteiger partial charge in [0.2, 0.25) is 0 Å². The summed E-state index contributed by atoms with van der Waals surface area (Å²) in [5.41, 5.74) is 25.3. The Bertz CT molecular complexity index is 1340. The third kappa shape index (κ3) is 13.5. The molecule has 0 bridgehead atoms. The van der Waals surface area contributed by atoms with Crippen molar-refractivity contribution in [3.63, 3.8) is 0 Å². The molecular formula is C46H64N2. The monoisotopic (exact) mass is 645 g/mol. The number of unbranched alkanes of at least 4 members (excludes halogenated alkanes) is 11. The molecule has 48 heavy (non-hydrogen) atoms. The van der Waals surface area contributed by atoms with E-state index in [0.717, 1.165) is 37.1 Å². The predicted octanol–water partition coefficient (Wildman–Crippen LogP) is 12.4. The molecule has 0 fully saturated rings. The second-order valence-corrected chi connectivity index (χ2v) is 14.3. The SMILES string of the molecule is CCCCCCCCc1cc(CCCCc2ccc(Cc3ccc(N)cc3)c(CCCCCCCC)c2)ccc1Cc1ccc(N)cc1. The van der Waals surface area contributed by atoms with Crippen LogP contribution in [0.15, 0.2) is 84.9 Å². The van der Waals surface area contributed by atoms with E-state index in [9.17, 15) is 0 Å². The van der Waals surface area contributed by atoms with E-state index in [-0.39, 0.29) is 0 Å². The summed E-state index contributed by atoms with van der Waals surface area (Å²) in [4.78, 5) is 0. The molecule has 4 rings (SSSR count). The highest BCUT2D eigenvalue weighted by atomic mass is 14.5. The number of aryl methyl sites for hydroxylation is 4. The number of anilines is 2. The topological polar surface area (TPSA) is 52.0 Å². The van der Waals surface area contributed by atoms with Crippen molar-refractivity contribution < 1.29 is 0 Å². The van der Waals surface area contributed by atoms with Gasteiger partial charge in [0.05, 0.1) is 0 Å². The zero-order chi connectivity index (χ0) is 33.8. The molecule has 4 aromatic carbocycles. The van der Waals surface area contributed by atoms with Crippen molar-refractivity contribution in [3.05, 3.63) is 129 Å². The van der Waals surface area contributed by atoms with Crippen molar-refractivity contribution in [2.75, 3.05) is 11.5 Å². The van der Waals surface area contributed by atoms with E-state index in [1.165, 1.54) is 136 Å². The fourth-order valence-electron chi connectivity index (χ4n) is 7.04. The number of benzene rings is 4. The number of nitrogens with two attached hydrogens (primary N) is 2. The Morgan fingerprint density at radius 1 is 0.333 bits per heavy atom.